The van der Waals surface area contributed by atoms with Crippen LogP contribution in [0.3, 0.4) is 0 Å². The van der Waals surface area contributed by atoms with Crippen LogP contribution in [0.1, 0.15) is 17.6 Å². The molecule has 64 valence electrons. The number of halogens is 2. The average Bonchev–Trinajstić information content (AvgIpc) is 2.04. The van der Waals surface area contributed by atoms with Crippen molar-refractivity contribution in [3.05, 3.63) is 42.8 Å². The van der Waals surface area contributed by atoms with Crippen LogP contribution in [0, 0.1) is 24.8 Å². The fraction of sp³-hybridized carbons (Fsp3) is 0.111. The van der Waals surface area contributed by atoms with Crippen molar-refractivity contribution in [2.75, 3.05) is 0 Å². The number of nitrogens with zero attached hydrogens (tertiary/aromatic N) is 1. The Hall–Kier alpha value is 0.206. The van der Waals surface area contributed by atoms with Crippen molar-refractivity contribution >= 4 is 0 Å². The summed E-state index contributed by atoms with van der Waals surface area (Å²) >= 11 is 0. The fourth-order valence-electron chi connectivity index (χ4n) is 0.726. The maximum absolute atomic E-state index is 12.0. The zero-order valence-electron chi connectivity index (χ0n) is 7.51. The van der Waals surface area contributed by atoms with E-state index in [4.69, 9.17) is 5.26 Å². The summed E-state index contributed by atoms with van der Waals surface area (Å²) in [6.07, 6.45) is -2.60. The Morgan fingerprint density at radius 3 is 2.46 bits per heavy atom. The van der Waals surface area contributed by atoms with Gasteiger partial charge in [-0.1, -0.05) is 5.56 Å². The van der Waals surface area contributed by atoms with Gasteiger partial charge in [0, 0.05) is 0 Å². The van der Waals surface area contributed by atoms with E-state index in [0.29, 0.717) is 0 Å². The van der Waals surface area contributed by atoms with E-state index >= 15 is 0 Å². The number of rotatable bonds is 1. The molecule has 0 unspecified atom stereocenters. The first kappa shape index (κ1) is 15.7. The molecule has 4 heteroatoms. The van der Waals surface area contributed by atoms with Crippen molar-refractivity contribution in [3.8, 4) is 6.07 Å². The molecule has 0 amide bonds. The maximum atomic E-state index is 12.0. The van der Waals surface area contributed by atoms with Gasteiger partial charge in [0.2, 0.25) is 6.43 Å². The molecule has 0 bridgehead atoms. The van der Waals surface area contributed by atoms with Gasteiger partial charge in [-0.05, 0) is 5.56 Å². The van der Waals surface area contributed by atoms with Gasteiger partial charge in [0.25, 0.3) is 0 Å². The minimum Gasteiger partial charge on any atom is -0.358 e. The topological polar surface area (TPSA) is 23.8 Å². The van der Waals surface area contributed by atoms with Gasteiger partial charge < -0.3 is 7.43 Å². The van der Waals surface area contributed by atoms with Gasteiger partial charge in [-0.3, -0.25) is 0 Å². The van der Waals surface area contributed by atoms with E-state index in [9.17, 15) is 8.78 Å². The third kappa shape index (κ3) is 4.29. The van der Waals surface area contributed by atoms with Crippen LogP contribution in [0.2, 0.25) is 0 Å². The van der Waals surface area contributed by atoms with Crippen LogP contribution in [0.5, 0.6) is 0 Å². The second-order valence-corrected chi connectivity index (χ2v) is 1.93. The van der Waals surface area contributed by atoms with Gasteiger partial charge in [0.05, 0.1) is 6.07 Å². The van der Waals surface area contributed by atoms with Crippen LogP contribution >= 0.6 is 0 Å². The first-order chi connectivity index (χ1) is 5.25. The van der Waals surface area contributed by atoms with E-state index in [1.165, 1.54) is 12.1 Å². The van der Waals surface area contributed by atoms with Gasteiger partial charge in [-0.15, -0.1) is 0 Å². The summed E-state index contributed by atoms with van der Waals surface area (Å²) in [5, 5.41) is 8.37. The van der Waals surface area contributed by atoms with Gasteiger partial charge in [-0.2, -0.15) is 29.5 Å². The number of nitriles is 1. The minimum atomic E-state index is -2.60. The minimum absolute atomic E-state index is 0. The SMILES string of the molecule is N#Cc1cc[c-]cc1C(F)F.[CH3-].[K+]. The monoisotopic (exact) mass is 206 g/mol. The Balaban J connectivity index is 0. The van der Waals surface area contributed by atoms with E-state index in [1.807, 2.05) is 0 Å². The Morgan fingerprint density at radius 2 is 2.08 bits per heavy atom. The molecule has 13 heavy (non-hydrogen) atoms. The van der Waals surface area contributed by atoms with Gasteiger partial charge in [0.15, 0.2) is 0 Å². The number of hydrogen-bond donors (Lipinski definition) is 0. The summed E-state index contributed by atoms with van der Waals surface area (Å²) < 4.78 is 24.1. The largest absolute Gasteiger partial charge is 1.00 e. The van der Waals surface area contributed by atoms with Crippen LogP contribution < -0.4 is 51.4 Å². The molecule has 0 saturated carbocycles. The third-order valence-corrected chi connectivity index (χ3v) is 1.25. The number of alkyl halides is 2. The van der Waals surface area contributed by atoms with Gasteiger partial charge >= 0.3 is 51.4 Å². The van der Waals surface area contributed by atoms with E-state index < -0.39 is 6.43 Å². The number of benzene rings is 1. The molecule has 1 rings (SSSR count). The zero-order chi connectivity index (χ0) is 8.27. The Kier molecular flexibility index (Phi) is 9.15. The molecular weight excluding hydrogens is 199 g/mol. The molecule has 0 spiro atoms. The smallest absolute Gasteiger partial charge is 0.358 e. The molecule has 1 aromatic carbocycles. The van der Waals surface area contributed by atoms with Crippen LogP contribution in [0.15, 0.2) is 18.2 Å². The molecule has 0 saturated heterocycles. The summed E-state index contributed by atoms with van der Waals surface area (Å²) in [5.41, 5.74) is -0.242. The summed E-state index contributed by atoms with van der Waals surface area (Å²) in [4.78, 5) is 0. The van der Waals surface area contributed by atoms with E-state index in [2.05, 4.69) is 6.07 Å². The molecule has 0 N–H and O–H groups in total. The molecule has 0 atom stereocenters. The van der Waals surface area contributed by atoms with Crippen LogP contribution in [-0.4, -0.2) is 0 Å². The van der Waals surface area contributed by atoms with Gasteiger partial charge in [0.1, 0.15) is 0 Å². The van der Waals surface area contributed by atoms with Crippen molar-refractivity contribution in [1.29, 1.82) is 5.26 Å². The quantitative estimate of drug-likeness (QED) is 0.459. The Bertz CT molecular complexity index is 294. The maximum Gasteiger partial charge on any atom is 1.00 e. The molecule has 0 heterocycles. The van der Waals surface area contributed by atoms with Crippen molar-refractivity contribution < 1.29 is 60.2 Å². The molecule has 1 aromatic rings. The van der Waals surface area contributed by atoms with Crippen LogP contribution in [-0.2, 0) is 0 Å². The van der Waals surface area contributed by atoms with Crippen molar-refractivity contribution in [2.45, 2.75) is 6.43 Å². The van der Waals surface area contributed by atoms with E-state index in [1.54, 1.807) is 6.07 Å². The predicted molar refractivity (Wildman–Crippen MR) is 41.4 cm³/mol. The predicted octanol–water partition coefficient (Wildman–Crippen LogP) is -0.250. The molecular formula is C9H7F2KN-. The van der Waals surface area contributed by atoms with Crippen molar-refractivity contribution in [2.24, 2.45) is 0 Å². The van der Waals surface area contributed by atoms with Crippen LogP contribution in [0.4, 0.5) is 8.78 Å². The van der Waals surface area contributed by atoms with Crippen molar-refractivity contribution in [3.63, 3.8) is 0 Å². The van der Waals surface area contributed by atoms with Crippen LogP contribution in [0.25, 0.3) is 0 Å². The standard InChI is InChI=1S/C8H4F2N.CH3.K/c9-8(10)7-4-2-1-3-6(7)5-11;;/h1,3-4,8H;1H3;/q2*-1;+1. The molecule has 0 aromatic heterocycles. The Labute approximate surface area is 119 Å². The summed E-state index contributed by atoms with van der Waals surface area (Å²) in [6, 6.07) is 8.05. The van der Waals surface area contributed by atoms with Gasteiger partial charge in [-0.25, -0.2) is 8.78 Å². The molecule has 0 radical (unpaired) electrons. The third-order valence-electron chi connectivity index (χ3n) is 1.25. The Morgan fingerprint density at radius 1 is 1.46 bits per heavy atom. The summed E-state index contributed by atoms with van der Waals surface area (Å²) in [6.45, 7) is 0. The second-order valence-electron chi connectivity index (χ2n) is 1.93. The molecule has 0 fully saturated rings. The average molecular weight is 206 g/mol. The normalized spacial score (nSPS) is 8.15. The summed E-state index contributed by atoms with van der Waals surface area (Å²) in [7, 11) is 0. The molecule has 0 aliphatic carbocycles. The molecule has 0 aliphatic heterocycles. The zero-order valence-corrected chi connectivity index (χ0v) is 10.6. The van der Waals surface area contributed by atoms with E-state index in [0.717, 1.165) is 6.07 Å². The fourth-order valence-corrected chi connectivity index (χ4v) is 0.726. The molecule has 1 nitrogen and oxygen atoms in total. The number of hydrogen-bond acceptors (Lipinski definition) is 1. The summed E-state index contributed by atoms with van der Waals surface area (Å²) in [5.74, 6) is 0. The second kappa shape index (κ2) is 7.60. The van der Waals surface area contributed by atoms with Crippen molar-refractivity contribution in [1.82, 2.24) is 0 Å². The first-order valence-electron chi connectivity index (χ1n) is 2.94. The van der Waals surface area contributed by atoms with E-state index in [-0.39, 0.29) is 69.9 Å². The first-order valence-corrected chi connectivity index (χ1v) is 2.94. The molecule has 0 aliphatic rings.